The number of hydrogen-bond acceptors (Lipinski definition) is 2. The number of carbonyl (C=O) groups is 1. The molecule has 0 aliphatic heterocycles. The Hall–Kier alpha value is -1.51. The van der Waals surface area contributed by atoms with Crippen LogP contribution in [0.15, 0.2) is 18.2 Å². The van der Waals surface area contributed by atoms with Crippen molar-refractivity contribution in [1.29, 1.82) is 0 Å². The van der Waals surface area contributed by atoms with E-state index in [1.54, 1.807) is 6.07 Å². The summed E-state index contributed by atoms with van der Waals surface area (Å²) < 4.78 is 0. The second-order valence-electron chi connectivity index (χ2n) is 5.58. The van der Waals surface area contributed by atoms with Crippen LogP contribution < -0.4 is 5.32 Å². The predicted molar refractivity (Wildman–Crippen MR) is 72.7 cm³/mol. The Bertz CT molecular complexity index is 448. The topological polar surface area (TPSA) is 49.3 Å². The highest BCUT2D eigenvalue weighted by Gasteiger charge is 2.34. The van der Waals surface area contributed by atoms with E-state index >= 15 is 0 Å². The molecular formula is C15H21NO2. The lowest BCUT2D eigenvalue weighted by Crippen LogP contribution is -2.35. The van der Waals surface area contributed by atoms with Gasteiger partial charge >= 0.3 is 0 Å². The molecule has 1 aromatic carbocycles. The molecule has 1 aliphatic carbocycles. The molecule has 2 N–H and O–H groups in total. The first-order chi connectivity index (χ1) is 8.51. The summed E-state index contributed by atoms with van der Waals surface area (Å²) in [6.45, 7) is 3.87. The molecule has 2 rings (SSSR count). The first kappa shape index (κ1) is 12.9. The number of amides is 1. The molecule has 0 radical (unpaired) electrons. The van der Waals surface area contributed by atoms with Gasteiger partial charge < -0.3 is 10.4 Å². The monoisotopic (exact) mass is 247 g/mol. The smallest absolute Gasteiger partial charge is 0.230 e. The van der Waals surface area contributed by atoms with Gasteiger partial charge in [-0.15, -0.1) is 0 Å². The van der Waals surface area contributed by atoms with E-state index in [-0.39, 0.29) is 17.1 Å². The number of phenols is 1. The zero-order valence-electron chi connectivity index (χ0n) is 11.1. The van der Waals surface area contributed by atoms with Crippen molar-refractivity contribution in [2.75, 3.05) is 5.32 Å². The van der Waals surface area contributed by atoms with Crippen LogP contribution in [-0.4, -0.2) is 11.0 Å². The van der Waals surface area contributed by atoms with Gasteiger partial charge in [0.15, 0.2) is 0 Å². The van der Waals surface area contributed by atoms with Crippen molar-refractivity contribution in [3.63, 3.8) is 0 Å². The number of hydrogen-bond donors (Lipinski definition) is 2. The highest BCUT2D eigenvalue weighted by atomic mass is 16.3. The summed E-state index contributed by atoms with van der Waals surface area (Å²) in [6.07, 6.45) is 5.40. The molecule has 0 spiro atoms. The number of carbonyl (C=O) groups excluding carboxylic acids is 1. The van der Waals surface area contributed by atoms with E-state index in [0.717, 1.165) is 31.2 Å². The van der Waals surface area contributed by atoms with E-state index in [9.17, 15) is 9.90 Å². The Morgan fingerprint density at radius 2 is 1.94 bits per heavy atom. The van der Waals surface area contributed by atoms with Crippen molar-refractivity contribution >= 4 is 11.6 Å². The van der Waals surface area contributed by atoms with Crippen LogP contribution in [0.3, 0.4) is 0 Å². The zero-order chi connectivity index (χ0) is 13.2. The summed E-state index contributed by atoms with van der Waals surface area (Å²) in [6, 6.07) is 5.26. The Balaban J connectivity index is 2.08. The third kappa shape index (κ3) is 2.66. The molecule has 1 aliphatic rings. The Morgan fingerprint density at radius 1 is 1.28 bits per heavy atom. The minimum absolute atomic E-state index is 0.0745. The molecule has 1 fully saturated rings. The maximum Gasteiger partial charge on any atom is 0.230 e. The molecule has 0 unspecified atom stereocenters. The SMILES string of the molecule is Cc1ccc(NC(=O)C2(C)CCCCC2)cc1O. The standard InChI is InChI=1S/C15H21NO2/c1-11-6-7-12(10-13(11)17)16-14(18)15(2)8-4-3-5-9-15/h6-7,10,17H,3-5,8-9H2,1-2H3,(H,16,18). The highest BCUT2D eigenvalue weighted by Crippen LogP contribution is 2.37. The van der Waals surface area contributed by atoms with Crippen LogP contribution in [0.5, 0.6) is 5.75 Å². The quantitative estimate of drug-likeness (QED) is 0.838. The first-order valence-electron chi connectivity index (χ1n) is 6.62. The van der Waals surface area contributed by atoms with Crippen LogP contribution in [0.1, 0.15) is 44.6 Å². The van der Waals surface area contributed by atoms with Gasteiger partial charge in [0.1, 0.15) is 5.75 Å². The molecule has 3 nitrogen and oxygen atoms in total. The van der Waals surface area contributed by atoms with Gasteiger partial charge in [-0.2, -0.15) is 0 Å². The summed E-state index contributed by atoms with van der Waals surface area (Å²) in [5.74, 6) is 0.298. The maximum atomic E-state index is 12.3. The van der Waals surface area contributed by atoms with Crippen LogP contribution >= 0.6 is 0 Å². The summed E-state index contributed by atoms with van der Waals surface area (Å²) in [7, 11) is 0. The normalized spacial score (nSPS) is 18.3. The fraction of sp³-hybridized carbons (Fsp3) is 0.533. The zero-order valence-corrected chi connectivity index (χ0v) is 11.1. The van der Waals surface area contributed by atoms with Gasteiger partial charge in [-0.1, -0.05) is 32.3 Å². The van der Waals surface area contributed by atoms with E-state index in [1.807, 2.05) is 26.0 Å². The molecule has 0 atom stereocenters. The number of phenolic OH excluding ortho intramolecular Hbond substituents is 1. The Labute approximate surface area is 108 Å². The molecule has 0 heterocycles. The molecule has 98 valence electrons. The molecule has 0 saturated heterocycles. The van der Waals surface area contributed by atoms with Gasteiger partial charge in [0, 0.05) is 17.2 Å². The van der Waals surface area contributed by atoms with Crippen molar-refractivity contribution in [2.45, 2.75) is 46.0 Å². The number of rotatable bonds is 2. The van der Waals surface area contributed by atoms with Crippen molar-refractivity contribution in [2.24, 2.45) is 5.41 Å². The van der Waals surface area contributed by atoms with Crippen LogP contribution in [0.2, 0.25) is 0 Å². The van der Waals surface area contributed by atoms with Gasteiger partial charge in [-0.05, 0) is 31.4 Å². The molecule has 18 heavy (non-hydrogen) atoms. The van der Waals surface area contributed by atoms with E-state index in [1.165, 1.54) is 6.42 Å². The molecule has 1 amide bonds. The van der Waals surface area contributed by atoms with E-state index in [4.69, 9.17) is 0 Å². The van der Waals surface area contributed by atoms with E-state index in [2.05, 4.69) is 5.32 Å². The fourth-order valence-electron chi connectivity index (χ4n) is 2.53. The van der Waals surface area contributed by atoms with Crippen molar-refractivity contribution in [3.05, 3.63) is 23.8 Å². The lowest BCUT2D eigenvalue weighted by molar-refractivity contribution is -0.126. The first-order valence-corrected chi connectivity index (χ1v) is 6.62. The summed E-state index contributed by atoms with van der Waals surface area (Å²) in [5.41, 5.74) is 1.24. The molecule has 3 heteroatoms. The number of benzene rings is 1. The maximum absolute atomic E-state index is 12.3. The number of aryl methyl sites for hydroxylation is 1. The minimum Gasteiger partial charge on any atom is -0.508 e. The molecule has 0 bridgehead atoms. The Kier molecular flexibility index (Phi) is 3.60. The molecule has 0 aromatic heterocycles. The lowest BCUT2D eigenvalue weighted by Gasteiger charge is -2.32. The van der Waals surface area contributed by atoms with Crippen LogP contribution in [0.25, 0.3) is 0 Å². The van der Waals surface area contributed by atoms with Gasteiger partial charge in [-0.25, -0.2) is 0 Å². The summed E-state index contributed by atoms with van der Waals surface area (Å²) >= 11 is 0. The third-order valence-electron chi connectivity index (χ3n) is 3.97. The van der Waals surface area contributed by atoms with Gasteiger partial charge in [0.2, 0.25) is 5.91 Å². The third-order valence-corrected chi connectivity index (χ3v) is 3.97. The second-order valence-corrected chi connectivity index (χ2v) is 5.58. The molecule has 1 saturated carbocycles. The van der Waals surface area contributed by atoms with Gasteiger partial charge in [-0.3, -0.25) is 4.79 Å². The van der Waals surface area contributed by atoms with Gasteiger partial charge in [0.25, 0.3) is 0 Å². The van der Waals surface area contributed by atoms with E-state index < -0.39 is 0 Å². The number of aromatic hydroxyl groups is 1. The largest absolute Gasteiger partial charge is 0.508 e. The van der Waals surface area contributed by atoms with Crippen molar-refractivity contribution < 1.29 is 9.90 Å². The summed E-state index contributed by atoms with van der Waals surface area (Å²) in [5, 5.41) is 12.6. The van der Waals surface area contributed by atoms with Crippen LogP contribution in [0, 0.1) is 12.3 Å². The predicted octanol–water partition coefficient (Wildman–Crippen LogP) is 3.61. The number of nitrogens with one attached hydrogen (secondary N) is 1. The second kappa shape index (κ2) is 5.01. The fourth-order valence-corrected chi connectivity index (χ4v) is 2.53. The van der Waals surface area contributed by atoms with Gasteiger partial charge in [0.05, 0.1) is 0 Å². The average molecular weight is 247 g/mol. The van der Waals surface area contributed by atoms with Crippen molar-refractivity contribution in [1.82, 2.24) is 0 Å². The summed E-state index contributed by atoms with van der Waals surface area (Å²) in [4.78, 5) is 12.3. The number of anilines is 1. The van der Waals surface area contributed by atoms with Crippen molar-refractivity contribution in [3.8, 4) is 5.75 Å². The van der Waals surface area contributed by atoms with Crippen LogP contribution in [0.4, 0.5) is 5.69 Å². The van der Waals surface area contributed by atoms with E-state index in [0.29, 0.717) is 5.69 Å². The molecule has 1 aromatic rings. The minimum atomic E-state index is -0.251. The average Bonchev–Trinajstić information content (AvgIpc) is 2.35. The highest BCUT2D eigenvalue weighted by molar-refractivity contribution is 5.95. The molecular weight excluding hydrogens is 226 g/mol. The van der Waals surface area contributed by atoms with Crippen LogP contribution in [-0.2, 0) is 4.79 Å². The lowest BCUT2D eigenvalue weighted by atomic mass is 9.75. The Morgan fingerprint density at radius 3 is 2.56 bits per heavy atom.